The van der Waals surface area contributed by atoms with Crippen molar-refractivity contribution < 1.29 is 26.2 Å². The largest absolute Gasteiger partial charge is 0.507 e. The maximum Gasteiger partial charge on any atom is 0.149 e. The zero-order chi connectivity index (χ0) is 40.2. The molecule has 7 heteroatoms. The molecule has 0 aliphatic rings. The third kappa shape index (κ3) is 6.62. The zero-order valence-corrected chi connectivity index (χ0v) is 36.1. The molecular formula is C53H43N5OPt. The van der Waals surface area contributed by atoms with Gasteiger partial charge in [0.15, 0.2) is 0 Å². The van der Waals surface area contributed by atoms with Crippen molar-refractivity contribution in [2.45, 2.75) is 39.5 Å². The number of aromatic nitrogens is 5. The van der Waals surface area contributed by atoms with Gasteiger partial charge in [0, 0.05) is 43.6 Å². The maximum absolute atomic E-state index is 11.4. The molecule has 6 aromatic carbocycles. The predicted octanol–water partition coefficient (Wildman–Crippen LogP) is 13.5. The molecule has 4 heterocycles. The van der Waals surface area contributed by atoms with Crippen LogP contribution >= 0.6 is 0 Å². The normalized spacial score (nSPS) is 11.6. The van der Waals surface area contributed by atoms with Gasteiger partial charge < -0.3 is 5.11 Å². The topological polar surface area (TPSA) is 68.8 Å². The second-order valence-corrected chi connectivity index (χ2v) is 15.8. The van der Waals surface area contributed by atoms with Gasteiger partial charge in [-0.25, -0.2) is 15.0 Å². The fraction of sp³-hybridized carbons (Fsp3) is 0.113. The summed E-state index contributed by atoms with van der Waals surface area (Å²) in [5.41, 5.74) is 14.3. The van der Waals surface area contributed by atoms with E-state index in [-0.39, 0.29) is 38.7 Å². The van der Waals surface area contributed by atoms with Crippen molar-refractivity contribution >= 4 is 33.0 Å². The molecule has 0 radical (unpaired) electrons. The Morgan fingerprint density at radius 2 is 1.10 bits per heavy atom. The van der Waals surface area contributed by atoms with Crippen LogP contribution in [0, 0.1) is 0 Å². The maximum atomic E-state index is 11.4. The van der Waals surface area contributed by atoms with E-state index in [9.17, 15) is 5.11 Å². The molecule has 1 N–H and O–H groups in total. The molecule has 10 rings (SSSR count). The summed E-state index contributed by atoms with van der Waals surface area (Å²) in [4.78, 5) is 15.6. The summed E-state index contributed by atoms with van der Waals surface area (Å²) < 4.78 is 4.42. The molecule has 0 fully saturated rings. The van der Waals surface area contributed by atoms with Gasteiger partial charge in [0.2, 0.25) is 0 Å². The molecule has 0 bridgehead atoms. The molecular weight excluding hydrogens is 918 g/mol. The SMILES string of the molecule is CC(C)c1cc(-c2ccc(-c3ccccc3)cc2)cc(C(C)C)c1-n1c(-c2ccccc2O)nc2c(-c3cccc(-n4c5ccccc5c5cccnc54)n3)cccc21.[Pt]. The number of benzene rings is 6. The summed E-state index contributed by atoms with van der Waals surface area (Å²) in [6, 6.07) is 56.5. The van der Waals surface area contributed by atoms with Crippen LogP contribution in [-0.4, -0.2) is 29.2 Å². The van der Waals surface area contributed by atoms with Gasteiger partial charge in [-0.05, 0) is 106 Å². The van der Waals surface area contributed by atoms with Crippen LogP contribution in [0.25, 0.3) is 89.4 Å². The van der Waals surface area contributed by atoms with Crippen LogP contribution in [0.15, 0.2) is 170 Å². The molecule has 0 aliphatic carbocycles. The Bertz CT molecular complexity index is 3100. The molecule has 4 aromatic heterocycles. The van der Waals surface area contributed by atoms with Gasteiger partial charge in [0.1, 0.15) is 23.0 Å². The first-order valence-electron chi connectivity index (χ1n) is 20.3. The van der Waals surface area contributed by atoms with Crippen LogP contribution in [0.2, 0.25) is 0 Å². The van der Waals surface area contributed by atoms with Crippen LogP contribution in [0.5, 0.6) is 5.75 Å². The molecule has 6 nitrogen and oxygen atoms in total. The molecule has 0 spiro atoms. The van der Waals surface area contributed by atoms with E-state index in [0.29, 0.717) is 11.4 Å². The van der Waals surface area contributed by atoms with E-state index in [0.717, 1.165) is 55.7 Å². The fourth-order valence-electron chi connectivity index (χ4n) is 8.57. The van der Waals surface area contributed by atoms with Crippen molar-refractivity contribution in [3.63, 3.8) is 0 Å². The smallest absolute Gasteiger partial charge is 0.149 e. The number of rotatable bonds is 8. The van der Waals surface area contributed by atoms with Gasteiger partial charge in [-0.2, -0.15) is 0 Å². The molecule has 0 unspecified atom stereocenters. The number of nitrogens with zero attached hydrogens (tertiary/aromatic N) is 5. The molecule has 0 saturated heterocycles. The third-order valence-corrected chi connectivity index (χ3v) is 11.5. The number of hydrogen-bond donors (Lipinski definition) is 1. The van der Waals surface area contributed by atoms with Gasteiger partial charge in [0.25, 0.3) is 0 Å². The van der Waals surface area contributed by atoms with E-state index in [4.69, 9.17) is 15.0 Å². The van der Waals surface area contributed by atoms with Crippen LogP contribution < -0.4 is 0 Å². The zero-order valence-electron chi connectivity index (χ0n) is 33.8. The Morgan fingerprint density at radius 3 is 1.83 bits per heavy atom. The third-order valence-electron chi connectivity index (χ3n) is 11.5. The minimum atomic E-state index is 0. The minimum Gasteiger partial charge on any atom is -0.507 e. The first-order chi connectivity index (χ1) is 28.9. The monoisotopic (exact) mass is 960 g/mol. The van der Waals surface area contributed by atoms with Crippen molar-refractivity contribution in [3.8, 4) is 62.2 Å². The van der Waals surface area contributed by atoms with Crippen molar-refractivity contribution in [2.75, 3.05) is 0 Å². The summed E-state index contributed by atoms with van der Waals surface area (Å²) in [5, 5.41) is 13.7. The Kier molecular flexibility index (Phi) is 10.3. The number of pyridine rings is 2. The van der Waals surface area contributed by atoms with E-state index >= 15 is 0 Å². The number of para-hydroxylation sites is 3. The quantitative estimate of drug-likeness (QED) is 0.165. The minimum absolute atomic E-state index is 0. The van der Waals surface area contributed by atoms with Gasteiger partial charge in [-0.3, -0.25) is 9.13 Å². The molecule has 0 aliphatic heterocycles. The molecule has 0 amide bonds. The molecule has 296 valence electrons. The summed E-state index contributed by atoms with van der Waals surface area (Å²) in [6.07, 6.45) is 1.83. The van der Waals surface area contributed by atoms with Gasteiger partial charge in [-0.15, -0.1) is 0 Å². The van der Waals surface area contributed by atoms with E-state index in [1.807, 2.05) is 36.5 Å². The average Bonchev–Trinajstić information content (AvgIpc) is 3.83. The number of imidazole rings is 1. The summed E-state index contributed by atoms with van der Waals surface area (Å²) in [5.74, 6) is 2.00. The number of aromatic hydroxyl groups is 1. The Hall–Kier alpha value is -6.62. The first kappa shape index (κ1) is 38.9. The van der Waals surface area contributed by atoms with E-state index in [1.165, 1.54) is 33.4 Å². The van der Waals surface area contributed by atoms with Crippen molar-refractivity contribution in [1.29, 1.82) is 0 Å². The molecule has 0 saturated carbocycles. The Labute approximate surface area is 364 Å². The van der Waals surface area contributed by atoms with Crippen LogP contribution in [0.4, 0.5) is 0 Å². The second kappa shape index (κ2) is 15.9. The van der Waals surface area contributed by atoms with Crippen LogP contribution in [-0.2, 0) is 21.1 Å². The molecule has 0 atom stereocenters. The van der Waals surface area contributed by atoms with Crippen LogP contribution in [0.3, 0.4) is 0 Å². The van der Waals surface area contributed by atoms with E-state index < -0.39 is 0 Å². The summed E-state index contributed by atoms with van der Waals surface area (Å²) >= 11 is 0. The van der Waals surface area contributed by atoms with Crippen molar-refractivity contribution in [1.82, 2.24) is 24.1 Å². The molecule has 10 aromatic rings. The first-order valence-corrected chi connectivity index (χ1v) is 20.3. The van der Waals surface area contributed by atoms with E-state index in [2.05, 4.69) is 164 Å². The standard InChI is InChI=1S/C53H43N5O.Pt/c1-33(2)43-31-38(37-28-26-36(27-29-37)35-15-6-5-7-16-35)32-44(34(3)4)51(43)58-47-23-12-19-41(50(47)56-53(58)42-18-9-11-24-48(42)59)45-21-13-25-49(55-45)57-46-22-10-8-17-39(46)40-20-14-30-54-52(40)57;/h5-34,59H,1-4H3;. The number of fused-ring (bicyclic) bond motifs is 4. The average molecular weight is 961 g/mol. The second-order valence-electron chi connectivity index (χ2n) is 15.8. The van der Waals surface area contributed by atoms with Crippen LogP contribution in [0.1, 0.15) is 50.7 Å². The van der Waals surface area contributed by atoms with E-state index in [1.54, 1.807) is 6.07 Å². The van der Waals surface area contributed by atoms with Gasteiger partial charge in [-0.1, -0.05) is 131 Å². The van der Waals surface area contributed by atoms with Crippen molar-refractivity contribution in [3.05, 3.63) is 181 Å². The molecule has 60 heavy (non-hydrogen) atoms. The predicted molar refractivity (Wildman–Crippen MR) is 243 cm³/mol. The fourth-order valence-corrected chi connectivity index (χ4v) is 8.57. The van der Waals surface area contributed by atoms with Gasteiger partial charge in [0.05, 0.1) is 33.5 Å². The summed E-state index contributed by atoms with van der Waals surface area (Å²) in [6.45, 7) is 9.03. The number of phenols is 1. The van der Waals surface area contributed by atoms with Gasteiger partial charge >= 0.3 is 0 Å². The Morgan fingerprint density at radius 1 is 0.500 bits per heavy atom. The Balaban J connectivity index is 0.00000462. The number of phenolic OH excluding ortho intramolecular Hbond substituents is 1. The summed E-state index contributed by atoms with van der Waals surface area (Å²) in [7, 11) is 0. The number of hydrogen-bond acceptors (Lipinski definition) is 4. The van der Waals surface area contributed by atoms with Crippen molar-refractivity contribution in [2.24, 2.45) is 0 Å².